The Bertz CT molecular complexity index is 309. The second-order valence-electron chi connectivity index (χ2n) is 3.27. The zero-order chi connectivity index (χ0) is 11.4. The number of aromatic hydroxyl groups is 1. The topological polar surface area (TPSA) is 80.9 Å². The van der Waals surface area contributed by atoms with Gasteiger partial charge in [0.1, 0.15) is 17.7 Å². The minimum Gasteiger partial charge on any atom is -0.508 e. The number of halogens is 1. The fourth-order valence-corrected chi connectivity index (χ4v) is 1.28. The van der Waals surface area contributed by atoms with Gasteiger partial charge in [-0.25, -0.2) is 4.39 Å². The maximum Gasteiger partial charge on any atom is 0.127 e. The molecular weight excluding hydrogens is 203 g/mol. The molecule has 0 fully saturated rings. The van der Waals surface area contributed by atoms with Crippen LogP contribution >= 0.6 is 0 Å². The summed E-state index contributed by atoms with van der Waals surface area (Å²) in [6, 6.07) is 3.08. The Labute approximate surface area is 86.2 Å². The van der Waals surface area contributed by atoms with Gasteiger partial charge in [0, 0.05) is 12.7 Å². The van der Waals surface area contributed by atoms with E-state index in [-0.39, 0.29) is 24.3 Å². The molecule has 1 aromatic carbocycles. The van der Waals surface area contributed by atoms with Crippen LogP contribution in [0.3, 0.4) is 0 Å². The molecule has 0 saturated heterocycles. The van der Waals surface area contributed by atoms with Crippen molar-refractivity contribution in [3.8, 4) is 5.75 Å². The van der Waals surface area contributed by atoms with Crippen LogP contribution in [0.4, 0.5) is 4.39 Å². The number of rotatable bonds is 4. The Morgan fingerprint density at radius 3 is 2.40 bits per heavy atom. The van der Waals surface area contributed by atoms with Crippen LogP contribution in [0.15, 0.2) is 18.2 Å². The SMILES string of the molecule is OCCC(O)C(O)c1cc(O)cc(F)c1. The molecule has 0 aliphatic heterocycles. The van der Waals surface area contributed by atoms with E-state index in [0.29, 0.717) is 0 Å². The van der Waals surface area contributed by atoms with Crippen LogP contribution in [-0.4, -0.2) is 33.1 Å². The van der Waals surface area contributed by atoms with E-state index in [9.17, 15) is 14.6 Å². The van der Waals surface area contributed by atoms with E-state index in [1.165, 1.54) is 0 Å². The Balaban J connectivity index is 2.85. The van der Waals surface area contributed by atoms with Gasteiger partial charge in [-0.1, -0.05) is 0 Å². The highest BCUT2D eigenvalue weighted by atomic mass is 19.1. The maximum absolute atomic E-state index is 12.8. The summed E-state index contributed by atoms with van der Waals surface area (Å²) in [6.45, 7) is -0.278. The second-order valence-corrected chi connectivity index (χ2v) is 3.27. The molecule has 1 aromatic rings. The molecule has 84 valence electrons. The van der Waals surface area contributed by atoms with E-state index in [2.05, 4.69) is 0 Å². The van der Waals surface area contributed by atoms with Crippen molar-refractivity contribution in [2.45, 2.75) is 18.6 Å². The molecule has 15 heavy (non-hydrogen) atoms. The lowest BCUT2D eigenvalue weighted by molar-refractivity contribution is 0.00399. The first kappa shape index (κ1) is 11.9. The third kappa shape index (κ3) is 3.16. The van der Waals surface area contributed by atoms with Crippen molar-refractivity contribution >= 4 is 0 Å². The molecule has 0 aliphatic rings. The molecule has 0 aliphatic carbocycles. The summed E-state index contributed by atoms with van der Waals surface area (Å²) in [5, 5.41) is 36.5. The fourth-order valence-electron chi connectivity index (χ4n) is 1.28. The largest absolute Gasteiger partial charge is 0.508 e. The third-order valence-corrected chi connectivity index (χ3v) is 2.04. The summed E-state index contributed by atoms with van der Waals surface area (Å²) in [7, 11) is 0. The van der Waals surface area contributed by atoms with Crippen molar-refractivity contribution in [3.63, 3.8) is 0 Å². The summed E-state index contributed by atoms with van der Waals surface area (Å²) in [5.74, 6) is -1.01. The quantitative estimate of drug-likeness (QED) is 0.584. The monoisotopic (exact) mass is 216 g/mol. The molecule has 0 heterocycles. The normalized spacial score (nSPS) is 14.9. The highest BCUT2D eigenvalue weighted by Gasteiger charge is 2.18. The number of hydrogen-bond acceptors (Lipinski definition) is 4. The Morgan fingerprint density at radius 1 is 1.20 bits per heavy atom. The van der Waals surface area contributed by atoms with E-state index >= 15 is 0 Å². The van der Waals surface area contributed by atoms with Crippen molar-refractivity contribution < 1.29 is 24.8 Å². The van der Waals surface area contributed by atoms with Crippen LogP contribution in [-0.2, 0) is 0 Å². The molecule has 0 saturated carbocycles. The predicted molar refractivity (Wildman–Crippen MR) is 50.7 cm³/mol. The molecule has 5 heteroatoms. The first-order valence-electron chi connectivity index (χ1n) is 4.51. The molecule has 2 unspecified atom stereocenters. The van der Waals surface area contributed by atoms with Gasteiger partial charge in [-0.05, 0) is 24.1 Å². The summed E-state index contributed by atoms with van der Waals surface area (Å²) >= 11 is 0. The van der Waals surface area contributed by atoms with Gasteiger partial charge in [0.05, 0.1) is 6.10 Å². The van der Waals surface area contributed by atoms with Crippen molar-refractivity contribution in [2.75, 3.05) is 6.61 Å². The number of phenols is 1. The molecule has 2 atom stereocenters. The molecule has 4 N–H and O–H groups in total. The van der Waals surface area contributed by atoms with Crippen molar-refractivity contribution in [2.24, 2.45) is 0 Å². The van der Waals surface area contributed by atoms with E-state index in [1.54, 1.807) is 0 Å². The average Bonchev–Trinajstić information content (AvgIpc) is 2.15. The summed E-state index contributed by atoms with van der Waals surface area (Å²) in [6.07, 6.45) is -2.52. The summed E-state index contributed by atoms with van der Waals surface area (Å²) < 4.78 is 12.8. The van der Waals surface area contributed by atoms with Crippen LogP contribution < -0.4 is 0 Å². The van der Waals surface area contributed by atoms with Gasteiger partial charge in [-0.3, -0.25) is 0 Å². The van der Waals surface area contributed by atoms with Crippen LogP contribution in [0.25, 0.3) is 0 Å². The van der Waals surface area contributed by atoms with Gasteiger partial charge >= 0.3 is 0 Å². The van der Waals surface area contributed by atoms with E-state index in [1.807, 2.05) is 0 Å². The number of aliphatic hydroxyl groups excluding tert-OH is 3. The lowest BCUT2D eigenvalue weighted by Gasteiger charge is -2.17. The summed E-state index contributed by atoms with van der Waals surface area (Å²) in [4.78, 5) is 0. The number of phenolic OH excluding ortho intramolecular Hbond substituents is 1. The highest BCUT2D eigenvalue weighted by Crippen LogP contribution is 2.23. The smallest absolute Gasteiger partial charge is 0.127 e. The lowest BCUT2D eigenvalue weighted by Crippen LogP contribution is -2.19. The molecule has 0 aromatic heterocycles. The standard InChI is InChI=1S/C10H13FO4/c11-7-3-6(4-8(13)5-7)10(15)9(14)1-2-12/h3-5,9-10,12-15H,1-2H2. The minimum absolute atomic E-state index is 0.0154. The fraction of sp³-hybridized carbons (Fsp3) is 0.400. The molecule has 0 amide bonds. The molecular formula is C10H13FO4. The van der Waals surface area contributed by atoms with Gasteiger partial charge < -0.3 is 20.4 Å². The van der Waals surface area contributed by atoms with Crippen molar-refractivity contribution in [3.05, 3.63) is 29.6 Å². The first-order chi connectivity index (χ1) is 7.04. The molecule has 0 bridgehead atoms. The Morgan fingerprint density at radius 2 is 1.87 bits per heavy atom. The molecule has 1 rings (SSSR count). The van der Waals surface area contributed by atoms with Gasteiger partial charge in [-0.2, -0.15) is 0 Å². The van der Waals surface area contributed by atoms with Crippen LogP contribution in [0.2, 0.25) is 0 Å². The van der Waals surface area contributed by atoms with Crippen LogP contribution in [0, 0.1) is 5.82 Å². The van der Waals surface area contributed by atoms with Gasteiger partial charge in [0.2, 0.25) is 0 Å². The second kappa shape index (κ2) is 5.06. The zero-order valence-corrected chi connectivity index (χ0v) is 7.97. The number of hydrogen-bond donors (Lipinski definition) is 4. The van der Waals surface area contributed by atoms with E-state index in [0.717, 1.165) is 18.2 Å². The molecule has 0 radical (unpaired) electrons. The lowest BCUT2D eigenvalue weighted by atomic mass is 10.0. The number of benzene rings is 1. The van der Waals surface area contributed by atoms with Crippen LogP contribution in [0.5, 0.6) is 5.75 Å². The Hall–Kier alpha value is -1.17. The van der Waals surface area contributed by atoms with E-state index < -0.39 is 18.0 Å². The number of aliphatic hydroxyl groups is 3. The first-order valence-corrected chi connectivity index (χ1v) is 4.51. The van der Waals surface area contributed by atoms with Crippen molar-refractivity contribution in [1.82, 2.24) is 0 Å². The Kier molecular flexibility index (Phi) is 4.02. The van der Waals surface area contributed by atoms with Gasteiger partial charge in [-0.15, -0.1) is 0 Å². The third-order valence-electron chi connectivity index (χ3n) is 2.04. The van der Waals surface area contributed by atoms with Crippen LogP contribution in [0.1, 0.15) is 18.1 Å². The average molecular weight is 216 g/mol. The predicted octanol–water partition coefficient (Wildman–Crippen LogP) is 0.308. The van der Waals surface area contributed by atoms with Gasteiger partial charge in [0.25, 0.3) is 0 Å². The highest BCUT2D eigenvalue weighted by molar-refractivity contribution is 5.30. The molecule has 4 nitrogen and oxygen atoms in total. The molecule has 0 spiro atoms. The van der Waals surface area contributed by atoms with Gasteiger partial charge in [0.15, 0.2) is 0 Å². The maximum atomic E-state index is 12.8. The summed E-state index contributed by atoms with van der Waals surface area (Å²) in [5.41, 5.74) is 0.0773. The minimum atomic E-state index is -1.32. The van der Waals surface area contributed by atoms with E-state index in [4.69, 9.17) is 10.2 Å². The zero-order valence-electron chi connectivity index (χ0n) is 7.97. The van der Waals surface area contributed by atoms with Crippen molar-refractivity contribution in [1.29, 1.82) is 0 Å².